The molecule has 0 heterocycles. The van der Waals surface area contributed by atoms with Gasteiger partial charge in [-0.3, -0.25) is 4.79 Å². The molecule has 0 fully saturated rings. The van der Waals surface area contributed by atoms with Crippen LogP contribution in [0.4, 0.5) is 17.1 Å². The van der Waals surface area contributed by atoms with E-state index in [2.05, 4.69) is 10.6 Å². The van der Waals surface area contributed by atoms with Gasteiger partial charge in [0.2, 0.25) is 0 Å². The summed E-state index contributed by atoms with van der Waals surface area (Å²) < 4.78 is 4.97. The highest BCUT2D eigenvalue weighted by atomic mass is 35.5. The van der Waals surface area contributed by atoms with Gasteiger partial charge in [0.05, 0.1) is 12.8 Å². The molecule has 0 atom stereocenters. The minimum atomic E-state index is -0.420. The number of amides is 1. The molecular formula is C20H16Cl2N2O4. The smallest absolute Gasteiger partial charge is 0.255 e. The van der Waals surface area contributed by atoms with E-state index in [9.17, 15) is 15.0 Å². The topological polar surface area (TPSA) is 90.8 Å². The molecule has 0 saturated carbocycles. The zero-order chi connectivity index (χ0) is 20.3. The Kier molecular flexibility index (Phi) is 5.82. The molecule has 144 valence electrons. The maximum absolute atomic E-state index is 12.5. The van der Waals surface area contributed by atoms with E-state index in [4.69, 9.17) is 27.9 Å². The number of phenolic OH excluding ortho intramolecular Hbond substituents is 2. The van der Waals surface area contributed by atoms with Crippen LogP contribution in [0.2, 0.25) is 10.0 Å². The Morgan fingerprint density at radius 1 is 0.893 bits per heavy atom. The fourth-order valence-corrected chi connectivity index (χ4v) is 3.06. The Labute approximate surface area is 171 Å². The number of phenols is 2. The normalized spacial score (nSPS) is 10.4. The number of carbonyl (C=O) groups is 1. The zero-order valence-electron chi connectivity index (χ0n) is 14.7. The standard InChI is InChI=1S/C20H16Cl2N2O4/c1-28-19-5-3-14(10-18(19)26)24-20(27)11-2-4-17(25)16(6-11)23-15-8-12(21)7-13(22)9-15/h2-10,23,25-26H,1H3,(H,24,27). The van der Waals surface area contributed by atoms with Crippen LogP contribution >= 0.6 is 23.2 Å². The zero-order valence-corrected chi connectivity index (χ0v) is 16.2. The van der Waals surface area contributed by atoms with Crippen molar-refractivity contribution in [2.24, 2.45) is 0 Å². The van der Waals surface area contributed by atoms with Gasteiger partial charge in [0.1, 0.15) is 5.75 Å². The first kappa shape index (κ1) is 19.7. The predicted molar refractivity (Wildman–Crippen MR) is 110 cm³/mol. The molecule has 4 N–H and O–H groups in total. The van der Waals surface area contributed by atoms with Crippen LogP contribution in [0.3, 0.4) is 0 Å². The minimum Gasteiger partial charge on any atom is -0.506 e. The average molecular weight is 419 g/mol. The second-order valence-electron chi connectivity index (χ2n) is 5.86. The first-order chi connectivity index (χ1) is 13.4. The molecule has 3 aromatic carbocycles. The minimum absolute atomic E-state index is 0.0465. The fraction of sp³-hybridized carbons (Fsp3) is 0.0500. The van der Waals surface area contributed by atoms with Gasteiger partial charge in [-0.05, 0) is 48.5 Å². The third kappa shape index (κ3) is 4.60. The Bertz CT molecular complexity index is 1020. The van der Waals surface area contributed by atoms with Gasteiger partial charge in [-0.15, -0.1) is 0 Å². The summed E-state index contributed by atoms with van der Waals surface area (Å²) in [5.74, 6) is -0.257. The highest BCUT2D eigenvalue weighted by Crippen LogP contribution is 2.32. The molecule has 1 amide bonds. The van der Waals surface area contributed by atoms with E-state index < -0.39 is 5.91 Å². The number of anilines is 3. The van der Waals surface area contributed by atoms with Crippen molar-refractivity contribution < 1.29 is 19.7 Å². The van der Waals surface area contributed by atoms with Gasteiger partial charge in [0.15, 0.2) is 11.5 Å². The number of benzene rings is 3. The van der Waals surface area contributed by atoms with Gasteiger partial charge in [0.25, 0.3) is 5.91 Å². The summed E-state index contributed by atoms with van der Waals surface area (Å²) in [5.41, 5.74) is 1.56. The highest BCUT2D eigenvalue weighted by Gasteiger charge is 2.12. The van der Waals surface area contributed by atoms with Gasteiger partial charge in [0, 0.05) is 33.0 Å². The average Bonchev–Trinajstić information content (AvgIpc) is 2.63. The third-order valence-corrected chi connectivity index (χ3v) is 4.27. The van der Waals surface area contributed by atoms with Crippen LogP contribution < -0.4 is 15.4 Å². The fourth-order valence-electron chi connectivity index (χ4n) is 2.53. The number of ether oxygens (including phenoxy) is 1. The van der Waals surface area contributed by atoms with Crippen LogP contribution in [-0.2, 0) is 0 Å². The lowest BCUT2D eigenvalue weighted by Crippen LogP contribution is -2.12. The molecule has 6 nitrogen and oxygen atoms in total. The van der Waals surface area contributed by atoms with Crippen molar-refractivity contribution in [3.05, 3.63) is 70.2 Å². The van der Waals surface area contributed by atoms with E-state index in [-0.39, 0.29) is 11.5 Å². The van der Waals surface area contributed by atoms with E-state index >= 15 is 0 Å². The van der Waals surface area contributed by atoms with Gasteiger partial charge in [-0.25, -0.2) is 0 Å². The van der Waals surface area contributed by atoms with Gasteiger partial charge >= 0.3 is 0 Å². The van der Waals surface area contributed by atoms with Crippen molar-refractivity contribution in [2.45, 2.75) is 0 Å². The molecule has 0 aliphatic heterocycles. The van der Waals surface area contributed by atoms with Crippen molar-refractivity contribution >= 4 is 46.2 Å². The molecular weight excluding hydrogens is 403 g/mol. The lowest BCUT2D eigenvalue weighted by molar-refractivity contribution is 0.102. The summed E-state index contributed by atoms with van der Waals surface area (Å²) in [5, 5.41) is 26.4. The Morgan fingerprint density at radius 3 is 2.25 bits per heavy atom. The molecule has 0 aliphatic rings. The molecule has 0 aliphatic carbocycles. The molecule has 0 spiro atoms. The molecule has 3 aromatic rings. The second kappa shape index (κ2) is 8.29. The number of aromatic hydroxyl groups is 2. The Hall–Kier alpha value is -3.09. The Balaban J connectivity index is 1.82. The van der Waals surface area contributed by atoms with Crippen molar-refractivity contribution in [2.75, 3.05) is 17.7 Å². The van der Waals surface area contributed by atoms with E-state index in [1.807, 2.05) is 0 Å². The van der Waals surface area contributed by atoms with Crippen LogP contribution in [-0.4, -0.2) is 23.2 Å². The third-order valence-electron chi connectivity index (χ3n) is 3.84. The molecule has 0 saturated heterocycles. The summed E-state index contributed by atoms with van der Waals surface area (Å²) in [6.07, 6.45) is 0. The van der Waals surface area contributed by atoms with Crippen LogP contribution in [0, 0.1) is 0 Å². The molecule has 0 radical (unpaired) electrons. The summed E-state index contributed by atoms with van der Waals surface area (Å²) in [7, 11) is 1.44. The maximum atomic E-state index is 12.5. The molecule has 0 unspecified atom stereocenters. The number of rotatable bonds is 5. The molecule has 0 bridgehead atoms. The first-order valence-electron chi connectivity index (χ1n) is 8.10. The van der Waals surface area contributed by atoms with Crippen LogP contribution in [0.1, 0.15) is 10.4 Å². The van der Waals surface area contributed by atoms with Crippen LogP contribution in [0.25, 0.3) is 0 Å². The van der Waals surface area contributed by atoms with E-state index in [0.29, 0.717) is 38.4 Å². The monoisotopic (exact) mass is 418 g/mol. The largest absolute Gasteiger partial charge is 0.506 e. The van der Waals surface area contributed by atoms with E-state index in [1.54, 1.807) is 24.3 Å². The summed E-state index contributed by atoms with van der Waals surface area (Å²) in [6.45, 7) is 0. The highest BCUT2D eigenvalue weighted by molar-refractivity contribution is 6.35. The lowest BCUT2D eigenvalue weighted by atomic mass is 10.1. The van der Waals surface area contributed by atoms with Crippen molar-refractivity contribution in [3.63, 3.8) is 0 Å². The van der Waals surface area contributed by atoms with Gasteiger partial charge in [-0.2, -0.15) is 0 Å². The number of hydrogen-bond acceptors (Lipinski definition) is 5. The molecule has 3 rings (SSSR count). The number of nitrogens with one attached hydrogen (secondary N) is 2. The Morgan fingerprint density at radius 2 is 1.61 bits per heavy atom. The summed E-state index contributed by atoms with van der Waals surface area (Å²) in [6, 6.07) is 13.7. The summed E-state index contributed by atoms with van der Waals surface area (Å²) >= 11 is 12.0. The number of carbonyl (C=O) groups excluding carboxylic acids is 1. The van der Waals surface area contributed by atoms with Crippen molar-refractivity contribution in [3.8, 4) is 17.2 Å². The van der Waals surface area contributed by atoms with Gasteiger partial charge in [-0.1, -0.05) is 23.2 Å². The number of methoxy groups -OCH3 is 1. The van der Waals surface area contributed by atoms with Crippen LogP contribution in [0.15, 0.2) is 54.6 Å². The quantitative estimate of drug-likeness (QED) is 0.415. The first-order valence-corrected chi connectivity index (χ1v) is 8.86. The lowest BCUT2D eigenvalue weighted by Gasteiger charge is -2.12. The SMILES string of the molecule is COc1ccc(NC(=O)c2ccc(O)c(Nc3cc(Cl)cc(Cl)c3)c2)cc1O. The summed E-state index contributed by atoms with van der Waals surface area (Å²) in [4.78, 5) is 12.5. The predicted octanol–water partition coefficient (Wildman–Crippen LogP) is 5.41. The number of hydrogen-bond donors (Lipinski definition) is 4. The molecule has 28 heavy (non-hydrogen) atoms. The number of halogens is 2. The van der Waals surface area contributed by atoms with Gasteiger partial charge < -0.3 is 25.6 Å². The second-order valence-corrected chi connectivity index (χ2v) is 6.73. The maximum Gasteiger partial charge on any atom is 0.255 e. The van der Waals surface area contributed by atoms with Crippen molar-refractivity contribution in [1.29, 1.82) is 0 Å². The molecule has 0 aromatic heterocycles. The van der Waals surface area contributed by atoms with Crippen LogP contribution in [0.5, 0.6) is 17.2 Å². The van der Waals surface area contributed by atoms with E-state index in [0.717, 1.165) is 0 Å². The molecule has 8 heteroatoms. The van der Waals surface area contributed by atoms with E-state index in [1.165, 1.54) is 37.4 Å². The van der Waals surface area contributed by atoms with Crippen molar-refractivity contribution in [1.82, 2.24) is 0 Å².